The van der Waals surface area contributed by atoms with Gasteiger partial charge in [-0.3, -0.25) is 14.8 Å². The Morgan fingerprint density at radius 3 is 2.76 bits per heavy atom. The highest BCUT2D eigenvalue weighted by atomic mass is 16.5. The Bertz CT molecular complexity index is 1410. The summed E-state index contributed by atoms with van der Waals surface area (Å²) >= 11 is 0. The van der Waals surface area contributed by atoms with Gasteiger partial charge in [-0.05, 0) is 47.8 Å². The zero-order chi connectivity index (χ0) is 23.5. The second-order valence-electron chi connectivity index (χ2n) is 7.18. The van der Waals surface area contributed by atoms with E-state index in [1.54, 1.807) is 56.6 Å². The van der Waals surface area contributed by atoms with Crippen LogP contribution in [-0.4, -0.2) is 51.9 Å². The van der Waals surface area contributed by atoms with Gasteiger partial charge in [0.05, 0.1) is 26.4 Å². The third-order valence-electron chi connectivity index (χ3n) is 5.20. The first-order valence-corrected chi connectivity index (χ1v) is 10.3. The number of amidine groups is 1. The van der Waals surface area contributed by atoms with Crippen LogP contribution < -0.4 is 26.0 Å². The Morgan fingerprint density at radius 1 is 1.27 bits per heavy atom. The van der Waals surface area contributed by atoms with Crippen molar-refractivity contribution in [2.24, 2.45) is 4.99 Å². The van der Waals surface area contributed by atoms with Crippen molar-refractivity contribution in [2.45, 2.75) is 20.0 Å². The minimum atomic E-state index is -0.915. The van der Waals surface area contributed by atoms with Crippen LogP contribution in [0.5, 0.6) is 11.5 Å². The van der Waals surface area contributed by atoms with Crippen LogP contribution in [0.25, 0.3) is 6.08 Å². The molecule has 1 aliphatic heterocycles. The van der Waals surface area contributed by atoms with E-state index in [1.165, 1.54) is 23.4 Å². The first-order valence-electron chi connectivity index (χ1n) is 10.3. The Morgan fingerprint density at radius 2 is 2.09 bits per heavy atom. The molecular weight excluding hydrogens is 426 g/mol. The highest BCUT2D eigenvalue weighted by Crippen LogP contribution is 2.32. The van der Waals surface area contributed by atoms with Crippen molar-refractivity contribution in [3.8, 4) is 11.5 Å². The number of carbonyl (C=O) groups excluding carboxylic acids is 1. The first kappa shape index (κ1) is 22.0. The van der Waals surface area contributed by atoms with E-state index in [-0.39, 0.29) is 12.2 Å². The molecule has 0 fully saturated rings. The van der Waals surface area contributed by atoms with Gasteiger partial charge in [0, 0.05) is 19.3 Å². The number of rotatable bonds is 5. The fourth-order valence-electron chi connectivity index (χ4n) is 3.74. The molecule has 0 radical (unpaired) electrons. The number of H-pyrrole nitrogens is 1. The summed E-state index contributed by atoms with van der Waals surface area (Å²) in [7, 11) is 3.06. The average Bonchev–Trinajstić information content (AvgIpc) is 3.12. The van der Waals surface area contributed by atoms with Crippen LogP contribution in [0.2, 0.25) is 0 Å². The molecule has 1 unspecified atom stereocenters. The number of pyridine rings is 1. The molecule has 1 N–H and O–H groups in total. The molecule has 1 aromatic carbocycles. The molecule has 10 heteroatoms. The number of benzene rings is 1. The summed E-state index contributed by atoms with van der Waals surface area (Å²) < 4.78 is 19.0. The maximum atomic E-state index is 13.5. The zero-order valence-corrected chi connectivity index (χ0v) is 18.7. The molecule has 0 saturated carbocycles. The lowest BCUT2D eigenvalue weighted by atomic mass is 10.1. The summed E-state index contributed by atoms with van der Waals surface area (Å²) in [5.41, 5.74) is 1.21. The van der Waals surface area contributed by atoms with Gasteiger partial charge in [0.1, 0.15) is 16.8 Å². The predicted molar refractivity (Wildman–Crippen MR) is 119 cm³/mol. The molecule has 1 amide bonds. The molecule has 170 valence electrons. The number of nitrogens with one attached hydrogen (secondary N) is 1. The van der Waals surface area contributed by atoms with Crippen molar-refractivity contribution in [1.82, 2.24) is 14.5 Å². The van der Waals surface area contributed by atoms with Crippen molar-refractivity contribution < 1.29 is 23.6 Å². The Balaban J connectivity index is 2.02. The van der Waals surface area contributed by atoms with Gasteiger partial charge in [-0.2, -0.15) is 4.79 Å². The van der Waals surface area contributed by atoms with Crippen molar-refractivity contribution in [3.63, 3.8) is 0 Å². The van der Waals surface area contributed by atoms with Gasteiger partial charge >= 0.3 is 17.5 Å². The molecule has 0 saturated heterocycles. The second kappa shape index (κ2) is 9.11. The lowest BCUT2D eigenvalue weighted by Gasteiger charge is -2.22. The van der Waals surface area contributed by atoms with Gasteiger partial charge < -0.3 is 14.2 Å². The number of aromatic amines is 1. The Hall–Kier alpha value is -4.21. The maximum Gasteiger partial charge on any atom is 0.509 e. The fraction of sp³-hybridized carbons (Fsp3) is 0.261. The lowest BCUT2D eigenvalue weighted by Crippen LogP contribution is -2.47. The predicted octanol–water partition coefficient (Wildman–Crippen LogP) is 1.18. The van der Waals surface area contributed by atoms with Gasteiger partial charge in [0.25, 0.3) is 5.56 Å². The van der Waals surface area contributed by atoms with E-state index in [2.05, 4.69) is 15.0 Å². The highest BCUT2D eigenvalue weighted by molar-refractivity contribution is 5.81. The summed E-state index contributed by atoms with van der Waals surface area (Å²) in [6.07, 6.45) is 3.43. The van der Waals surface area contributed by atoms with Gasteiger partial charge in [-0.1, -0.05) is 6.07 Å². The van der Waals surface area contributed by atoms with Crippen LogP contribution in [0.1, 0.15) is 31.1 Å². The molecule has 0 aliphatic carbocycles. The second-order valence-corrected chi connectivity index (χ2v) is 7.18. The molecule has 3 aromatic rings. The first-order chi connectivity index (χ1) is 16.0. The summed E-state index contributed by atoms with van der Waals surface area (Å²) in [6, 6.07) is 8.80. The molecule has 1 aliphatic rings. The number of amides is 1. The van der Waals surface area contributed by atoms with E-state index < -0.39 is 12.3 Å². The number of fused-ring (bicyclic) bond motifs is 1. The number of imidazole rings is 1. The normalized spacial score (nSPS) is 15.6. The van der Waals surface area contributed by atoms with E-state index in [4.69, 9.17) is 14.2 Å². The number of carbonyl (C=O) groups is 1. The van der Waals surface area contributed by atoms with Crippen molar-refractivity contribution in [2.75, 3.05) is 20.8 Å². The number of ether oxygens (including phenoxy) is 3. The Labute approximate surface area is 189 Å². The number of aromatic nitrogens is 3. The molecule has 0 bridgehead atoms. The quantitative estimate of drug-likeness (QED) is 0.585. The summed E-state index contributed by atoms with van der Waals surface area (Å²) in [4.78, 5) is 38.1. The molecule has 2 aromatic heterocycles. The van der Waals surface area contributed by atoms with E-state index in [1.807, 2.05) is 6.07 Å². The average molecular weight is 450 g/mol. The number of methoxy groups -OCH3 is 2. The number of hydrogen-bond donors (Lipinski definition) is 1. The van der Waals surface area contributed by atoms with Crippen LogP contribution in [-0.2, 0) is 4.74 Å². The number of nitrogens with zero attached hydrogens (tertiary/aromatic N) is 4. The van der Waals surface area contributed by atoms with Crippen molar-refractivity contribution >= 4 is 18.0 Å². The third-order valence-corrected chi connectivity index (χ3v) is 5.20. The van der Waals surface area contributed by atoms with E-state index in [9.17, 15) is 9.59 Å². The van der Waals surface area contributed by atoms with E-state index >= 15 is 0 Å². The molecule has 33 heavy (non-hydrogen) atoms. The highest BCUT2D eigenvalue weighted by Gasteiger charge is 2.40. The largest absolute Gasteiger partial charge is 0.509 e. The van der Waals surface area contributed by atoms with Crippen molar-refractivity contribution in [3.05, 3.63) is 75.2 Å². The van der Waals surface area contributed by atoms with E-state index in [0.717, 1.165) is 5.56 Å². The molecule has 10 nitrogen and oxygen atoms in total. The molecule has 3 heterocycles. The van der Waals surface area contributed by atoms with Crippen LogP contribution in [0.3, 0.4) is 0 Å². The molecular formula is C23H24N5O5+. The zero-order valence-electron chi connectivity index (χ0n) is 18.7. The standard InChI is InChI=1S/C23H23N5O5/c1-5-33-23(30)27-14(2)25-22-26-18(11-15-7-6-10-24-13-15)21(29)28(22)20(27)17-12-16(31-3)8-9-19(17)32-4/h6-13,20H,5H2,1-4H3/p+1/b18-11-. The molecule has 0 spiro atoms. The minimum absolute atomic E-state index is 0.166. The summed E-state index contributed by atoms with van der Waals surface area (Å²) in [6.45, 7) is 3.56. The monoisotopic (exact) mass is 450 g/mol. The van der Waals surface area contributed by atoms with Crippen LogP contribution in [0, 0.1) is 0 Å². The summed E-state index contributed by atoms with van der Waals surface area (Å²) in [5, 5.41) is 0.298. The Kier molecular flexibility index (Phi) is 6.07. The van der Waals surface area contributed by atoms with Gasteiger partial charge in [0.2, 0.25) is 6.17 Å². The lowest BCUT2D eigenvalue weighted by molar-refractivity contribution is -0.506. The minimum Gasteiger partial charge on any atom is -0.497 e. The maximum absolute atomic E-state index is 13.5. The smallest absolute Gasteiger partial charge is 0.497 e. The van der Waals surface area contributed by atoms with Gasteiger partial charge in [-0.15, -0.1) is 4.58 Å². The molecule has 1 atom stereocenters. The topological polar surface area (TPSA) is 111 Å². The van der Waals surface area contributed by atoms with Gasteiger partial charge in [0.15, 0.2) is 0 Å². The third kappa shape index (κ3) is 4.02. The van der Waals surface area contributed by atoms with Crippen molar-refractivity contribution in [1.29, 1.82) is 0 Å². The fourth-order valence-corrected chi connectivity index (χ4v) is 3.74. The van der Waals surface area contributed by atoms with Gasteiger partial charge in [-0.25, -0.2) is 4.57 Å². The summed E-state index contributed by atoms with van der Waals surface area (Å²) in [5.74, 6) is 1.38. The van der Waals surface area contributed by atoms with E-state index in [0.29, 0.717) is 33.9 Å². The van der Waals surface area contributed by atoms with Crippen LogP contribution in [0.4, 0.5) is 4.79 Å². The van der Waals surface area contributed by atoms with Crippen LogP contribution >= 0.6 is 0 Å². The SMILES string of the molecule is CCOC(=O)[N+]1=C(C)N=c2[nH]/c(=C\c3cccnc3)c(=O)n2C1c1cc(OC)ccc1OC. The molecule has 4 rings (SSSR count). The number of hydrogen-bond acceptors (Lipinski definition) is 7. The van der Waals surface area contributed by atoms with Crippen LogP contribution in [0.15, 0.2) is 52.5 Å².